The summed E-state index contributed by atoms with van der Waals surface area (Å²) in [5.74, 6) is -0.244. The van der Waals surface area contributed by atoms with Crippen molar-refractivity contribution in [2.75, 3.05) is 6.61 Å². The van der Waals surface area contributed by atoms with Crippen LogP contribution in [0.2, 0.25) is 0 Å². The largest absolute Gasteiger partial charge is 0.377 e. The molecule has 1 fully saturated rings. The molecule has 2 rings (SSSR count). The standard InChI is InChI=1S/C15H22FNO3S/c1-9-7-13(8-10(2)15(9)16)11(3)17-21(18,19)14-5-6-20-12(14)4/h7-8,11-12,14,17H,5-6H2,1-4H3/t11-,12+,14+/m0/s1. The minimum absolute atomic E-state index is 0.244. The van der Waals surface area contributed by atoms with Crippen LogP contribution in [0.1, 0.15) is 43.0 Å². The van der Waals surface area contributed by atoms with Gasteiger partial charge in [0.05, 0.1) is 6.10 Å². The summed E-state index contributed by atoms with van der Waals surface area (Å²) in [6, 6.07) is 2.97. The Kier molecular flexibility index (Phi) is 4.70. The highest BCUT2D eigenvalue weighted by Gasteiger charge is 2.36. The lowest BCUT2D eigenvalue weighted by molar-refractivity contribution is 0.126. The quantitative estimate of drug-likeness (QED) is 0.929. The molecule has 4 nitrogen and oxygen atoms in total. The Morgan fingerprint density at radius 1 is 1.33 bits per heavy atom. The van der Waals surface area contributed by atoms with E-state index in [-0.39, 0.29) is 11.9 Å². The van der Waals surface area contributed by atoms with E-state index in [1.165, 1.54) is 0 Å². The fourth-order valence-electron chi connectivity index (χ4n) is 2.75. The molecule has 0 radical (unpaired) electrons. The molecule has 6 heteroatoms. The summed E-state index contributed by atoms with van der Waals surface area (Å²) in [7, 11) is -3.46. The van der Waals surface area contributed by atoms with Crippen LogP contribution in [-0.4, -0.2) is 26.4 Å². The molecular weight excluding hydrogens is 293 g/mol. The zero-order valence-electron chi connectivity index (χ0n) is 12.8. The molecule has 1 heterocycles. The molecule has 0 spiro atoms. The van der Waals surface area contributed by atoms with Crippen molar-refractivity contribution >= 4 is 10.0 Å². The third-order valence-corrected chi connectivity index (χ3v) is 6.10. The van der Waals surface area contributed by atoms with E-state index in [0.717, 1.165) is 5.56 Å². The summed E-state index contributed by atoms with van der Waals surface area (Å²) >= 11 is 0. The van der Waals surface area contributed by atoms with Gasteiger partial charge in [0.15, 0.2) is 0 Å². The van der Waals surface area contributed by atoms with Crippen LogP contribution in [0, 0.1) is 19.7 Å². The van der Waals surface area contributed by atoms with Crippen LogP contribution in [0.3, 0.4) is 0 Å². The van der Waals surface area contributed by atoms with Gasteiger partial charge in [0.1, 0.15) is 11.1 Å². The van der Waals surface area contributed by atoms with E-state index < -0.39 is 21.3 Å². The fraction of sp³-hybridized carbons (Fsp3) is 0.600. The minimum Gasteiger partial charge on any atom is -0.377 e. The molecule has 0 aliphatic carbocycles. The van der Waals surface area contributed by atoms with Gasteiger partial charge in [-0.1, -0.05) is 12.1 Å². The van der Waals surface area contributed by atoms with Crippen LogP contribution >= 0.6 is 0 Å². The number of hydrogen-bond donors (Lipinski definition) is 1. The maximum absolute atomic E-state index is 13.7. The normalized spacial score (nSPS) is 24.2. The third kappa shape index (κ3) is 3.44. The van der Waals surface area contributed by atoms with Crippen molar-refractivity contribution in [1.82, 2.24) is 4.72 Å². The molecule has 1 aromatic carbocycles. The minimum atomic E-state index is -3.46. The summed E-state index contributed by atoms with van der Waals surface area (Å²) in [6.45, 7) is 7.37. The first-order valence-electron chi connectivity index (χ1n) is 7.11. The average Bonchev–Trinajstić information content (AvgIpc) is 2.82. The number of ether oxygens (including phenoxy) is 1. The molecule has 0 bridgehead atoms. The van der Waals surface area contributed by atoms with Crippen molar-refractivity contribution in [3.63, 3.8) is 0 Å². The summed E-state index contributed by atoms with van der Waals surface area (Å²) in [6.07, 6.45) is 0.205. The molecular formula is C15H22FNO3S. The maximum atomic E-state index is 13.7. The van der Waals surface area contributed by atoms with E-state index in [4.69, 9.17) is 4.74 Å². The SMILES string of the molecule is Cc1cc([C@H](C)NS(=O)(=O)[C@@H]2CCO[C@@H]2C)cc(C)c1F. The van der Waals surface area contributed by atoms with Gasteiger partial charge in [-0.25, -0.2) is 17.5 Å². The highest BCUT2D eigenvalue weighted by molar-refractivity contribution is 7.90. The Balaban J connectivity index is 2.19. The van der Waals surface area contributed by atoms with E-state index in [1.54, 1.807) is 39.8 Å². The van der Waals surface area contributed by atoms with E-state index >= 15 is 0 Å². The zero-order valence-corrected chi connectivity index (χ0v) is 13.6. The Labute approximate surface area is 125 Å². The van der Waals surface area contributed by atoms with Crippen LogP contribution in [0.25, 0.3) is 0 Å². The van der Waals surface area contributed by atoms with Gasteiger partial charge >= 0.3 is 0 Å². The fourth-order valence-corrected chi connectivity index (χ4v) is 4.54. The van der Waals surface area contributed by atoms with Crippen molar-refractivity contribution in [2.24, 2.45) is 0 Å². The molecule has 1 aliphatic heterocycles. The Morgan fingerprint density at radius 3 is 2.38 bits per heavy atom. The number of rotatable bonds is 4. The van der Waals surface area contributed by atoms with Crippen molar-refractivity contribution < 1.29 is 17.5 Å². The van der Waals surface area contributed by atoms with Gasteiger partial charge in [0.25, 0.3) is 0 Å². The first-order chi connectivity index (χ1) is 9.72. The van der Waals surface area contributed by atoms with Crippen molar-refractivity contribution in [3.05, 3.63) is 34.6 Å². The Bertz CT molecular complexity index is 607. The van der Waals surface area contributed by atoms with Crippen LogP contribution in [0.4, 0.5) is 4.39 Å². The lowest BCUT2D eigenvalue weighted by atomic mass is 10.0. The van der Waals surface area contributed by atoms with Gasteiger partial charge in [-0.3, -0.25) is 0 Å². The van der Waals surface area contributed by atoms with Crippen molar-refractivity contribution in [3.8, 4) is 0 Å². The van der Waals surface area contributed by atoms with Gasteiger partial charge in [-0.15, -0.1) is 0 Å². The van der Waals surface area contributed by atoms with Gasteiger partial charge in [-0.05, 0) is 50.8 Å². The molecule has 0 saturated carbocycles. The molecule has 3 atom stereocenters. The van der Waals surface area contributed by atoms with Crippen LogP contribution in [0.5, 0.6) is 0 Å². The summed E-state index contributed by atoms with van der Waals surface area (Å²) in [5, 5.41) is -0.525. The number of sulfonamides is 1. The van der Waals surface area contributed by atoms with E-state index in [0.29, 0.717) is 24.2 Å². The molecule has 0 unspecified atom stereocenters. The molecule has 1 aromatic rings. The molecule has 0 aromatic heterocycles. The molecule has 118 valence electrons. The van der Waals surface area contributed by atoms with E-state index in [9.17, 15) is 12.8 Å². The van der Waals surface area contributed by atoms with Crippen molar-refractivity contribution in [2.45, 2.75) is 51.5 Å². The lowest BCUT2D eigenvalue weighted by Gasteiger charge is -2.21. The van der Waals surface area contributed by atoms with Gasteiger partial charge in [0.2, 0.25) is 10.0 Å². The van der Waals surface area contributed by atoms with Crippen LogP contribution in [0.15, 0.2) is 12.1 Å². The lowest BCUT2D eigenvalue weighted by Crippen LogP contribution is -2.39. The van der Waals surface area contributed by atoms with E-state index in [1.807, 2.05) is 0 Å². The van der Waals surface area contributed by atoms with Gasteiger partial charge in [-0.2, -0.15) is 0 Å². The predicted octanol–water partition coefficient (Wildman–Crippen LogP) is 2.60. The molecule has 0 amide bonds. The number of hydrogen-bond acceptors (Lipinski definition) is 3. The second-order valence-corrected chi connectivity index (χ2v) is 7.69. The van der Waals surface area contributed by atoms with Gasteiger partial charge in [0, 0.05) is 12.6 Å². The molecule has 1 N–H and O–H groups in total. The Morgan fingerprint density at radius 2 is 1.90 bits per heavy atom. The first kappa shape index (κ1) is 16.4. The number of benzene rings is 1. The second kappa shape index (κ2) is 6.02. The average molecular weight is 315 g/mol. The highest BCUT2D eigenvalue weighted by atomic mass is 32.2. The predicted molar refractivity (Wildman–Crippen MR) is 80.2 cm³/mol. The second-order valence-electron chi connectivity index (χ2n) is 5.76. The Hall–Kier alpha value is -0.980. The van der Waals surface area contributed by atoms with Crippen LogP contribution in [-0.2, 0) is 14.8 Å². The highest BCUT2D eigenvalue weighted by Crippen LogP contribution is 2.24. The van der Waals surface area contributed by atoms with Crippen LogP contribution < -0.4 is 4.72 Å². The number of halogens is 1. The first-order valence-corrected chi connectivity index (χ1v) is 8.66. The molecule has 1 saturated heterocycles. The summed E-state index contributed by atoms with van der Waals surface area (Å²) < 4.78 is 46.5. The smallest absolute Gasteiger partial charge is 0.217 e. The van der Waals surface area contributed by atoms with E-state index in [2.05, 4.69) is 4.72 Å². The summed E-state index contributed by atoms with van der Waals surface area (Å²) in [5.41, 5.74) is 1.81. The topological polar surface area (TPSA) is 55.4 Å². The number of aryl methyl sites for hydroxylation is 2. The zero-order chi connectivity index (χ0) is 15.8. The third-order valence-electron chi connectivity index (χ3n) is 4.01. The summed E-state index contributed by atoms with van der Waals surface area (Å²) in [4.78, 5) is 0. The van der Waals surface area contributed by atoms with Crippen molar-refractivity contribution in [1.29, 1.82) is 0 Å². The van der Waals surface area contributed by atoms with Gasteiger partial charge < -0.3 is 4.74 Å². The number of nitrogens with one attached hydrogen (secondary N) is 1. The monoisotopic (exact) mass is 315 g/mol. The molecule has 1 aliphatic rings. The molecule has 21 heavy (non-hydrogen) atoms. The maximum Gasteiger partial charge on any atom is 0.217 e.